The molecule has 2 heterocycles. The molecule has 1 fully saturated rings. The van der Waals surface area contributed by atoms with Crippen LogP contribution in [0, 0.1) is 0 Å². The first-order chi connectivity index (χ1) is 7.70. The van der Waals surface area contributed by atoms with Crippen LogP contribution in [0.1, 0.15) is 22.5 Å². The predicted molar refractivity (Wildman–Crippen MR) is 68.0 cm³/mol. The van der Waals surface area contributed by atoms with Crippen LogP contribution in [0.3, 0.4) is 0 Å². The molecular weight excluding hydrogens is 290 g/mol. The third-order valence-corrected chi connectivity index (χ3v) is 4.57. The number of thiophene rings is 1. The van der Waals surface area contributed by atoms with Crippen LogP contribution >= 0.6 is 27.3 Å². The maximum Gasteiger partial charge on any atom is 0.186 e. The van der Waals surface area contributed by atoms with Gasteiger partial charge in [0.2, 0.25) is 0 Å². The molecule has 1 aromatic heterocycles. The van der Waals surface area contributed by atoms with E-state index in [-0.39, 0.29) is 18.4 Å². The average molecular weight is 304 g/mol. The molecule has 1 aliphatic rings. The van der Waals surface area contributed by atoms with E-state index in [0.717, 1.165) is 28.0 Å². The van der Waals surface area contributed by atoms with Crippen molar-refractivity contribution in [1.82, 2.24) is 4.90 Å². The molecule has 1 N–H and O–H groups in total. The van der Waals surface area contributed by atoms with Gasteiger partial charge in [0.1, 0.15) is 0 Å². The number of hydrogen-bond acceptors (Lipinski definition) is 4. The zero-order chi connectivity index (χ0) is 11.5. The molecule has 1 unspecified atom stereocenters. The van der Waals surface area contributed by atoms with E-state index in [2.05, 4.69) is 20.8 Å². The molecule has 5 heteroatoms. The third kappa shape index (κ3) is 2.71. The molecule has 3 nitrogen and oxygen atoms in total. The molecular formula is C11H14BrNO2S. The Bertz CT molecular complexity index is 380. The van der Waals surface area contributed by atoms with Gasteiger partial charge in [-0.2, -0.15) is 0 Å². The standard InChI is InChI=1S/C11H14BrNO2S/c12-11-4-3-10(16-11)9(15)6-13-5-1-2-8(13)7-14/h3-4,8,14H,1-2,5-7H2. The quantitative estimate of drug-likeness (QED) is 0.867. The molecule has 0 spiro atoms. The summed E-state index contributed by atoms with van der Waals surface area (Å²) >= 11 is 4.82. The van der Waals surface area contributed by atoms with Crippen molar-refractivity contribution in [2.45, 2.75) is 18.9 Å². The molecule has 1 aromatic rings. The van der Waals surface area contributed by atoms with Gasteiger partial charge in [0.05, 0.1) is 21.8 Å². The average Bonchev–Trinajstić information content (AvgIpc) is 2.86. The molecule has 1 atom stereocenters. The van der Waals surface area contributed by atoms with Crippen molar-refractivity contribution in [3.8, 4) is 0 Å². The van der Waals surface area contributed by atoms with Crippen molar-refractivity contribution in [3.63, 3.8) is 0 Å². The fraction of sp³-hybridized carbons (Fsp3) is 0.545. The SMILES string of the molecule is O=C(CN1CCCC1CO)c1ccc(Br)s1. The Labute approximate surface area is 107 Å². The Kier molecular flexibility index (Phi) is 4.13. The monoisotopic (exact) mass is 303 g/mol. The van der Waals surface area contributed by atoms with Gasteiger partial charge in [-0.25, -0.2) is 0 Å². The smallest absolute Gasteiger partial charge is 0.186 e. The summed E-state index contributed by atoms with van der Waals surface area (Å²) in [7, 11) is 0. The lowest BCUT2D eigenvalue weighted by molar-refractivity contribution is 0.0892. The molecule has 0 aliphatic carbocycles. The van der Waals surface area contributed by atoms with Gasteiger partial charge in [-0.3, -0.25) is 9.69 Å². The first-order valence-electron chi connectivity index (χ1n) is 5.34. The lowest BCUT2D eigenvalue weighted by Gasteiger charge is -2.21. The van der Waals surface area contributed by atoms with Crippen molar-refractivity contribution in [2.24, 2.45) is 0 Å². The van der Waals surface area contributed by atoms with E-state index in [1.807, 2.05) is 12.1 Å². The van der Waals surface area contributed by atoms with Gasteiger partial charge < -0.3 is 5.11 Å². The van der Waals surface area contributed by atoms with Crippen LogP contribution in [0.5, 0.6) is 0 Å². The number of rotatable bonds is 4. The van der Waals surface area contributed by atoms with Crippen LogP contribution in [0.2, 0.25) is 0 Å². The Morgan fingerprint density at radius 3 is 3.06 bits per heavy atom. The maximum atomic E-state index is 11.9. The summed E-state index contributed by atoms with van der Waals surface area (Å²) in [5.74, 6) is 0.149. The molecule has 0 saturated carbocycles. The number of nitrogens with zero attached hydrogens (tertiary/aromatic N) is 1. The van der Waals surface area contributed by atoms with Crippen LogP contribution in [-0.4, -0.2) is 41.5 Å². The van der Waals surface area contributed by atoms with Crippen molar-refractivity contribution in [3.05, 3.63) is 20.8 Å². The highest BCUT2D eigenvalue weighted by atomic mass is 79.9. The largest absolute Gasteiger partial charge is 0.395 e. The molecule has 0 aromatic carbocycles. The summed E-state index contributed by atoms with van der Waals surface area (Å²) in [6, 6.07) is 3.92. The minimum absolute atomic E-state index is 0.149. The number of likely N-dealkylation sites (tertiary alicyclic amines) is 1. The van der Waals surface area contributed by atoms with Gasteiger partial charge in [-0.05, 0) is 47.4 Å². The molecule has 1 aliphatic heterocycles. The fourth-order valence-corrected chi connectivity index (χ4v) is 3.35. The molecule has 0 bridgehead atoms. The second-order valence-electron chi connectivity index (χ2n) is 3.98. The van der Waals surface area contributed by atoms with E-state index in [4.69, 9.17) is 5.11 Å². The van der Waals surface area contributed by atoms with Gasteiger partial charge >= 0.3 is 0 Å². The number of carbonyl (C=O) groups excluding carboxylic acids is 1. The minimum atomic E-state index is 0.149. The van der Waals surface area contributed by atoms with Crippen molar-refractivity contribution < 1.29 is 9.90 Å². The summed E-state index contributed by atoms with van der Waals surface area (Å²) in [6.45, 7) is 1.50. The first-order valence-corrected chi connectivity index (χ1v) is 6.95. The van der Waals surface area contributed by atoms with Crippen molar-refractivity contribution in [2.75, 3.05) is 19.7 Å². The molecule has 1 saturated heterocycles. The number of Topliss-reactive ketones (excluding diaryl/α,β-unsaturated/α-hetero) is 1. The number of halogens is 1. The molecule has 16 heavy (non-hydrogen) atoms. The Hall–Kier alpha value is -0.230. The van der Waals surface area contributed by atoms with E-state index in [1.165, 1.54) is 11.3 Å². The van der Waals surface area contributed by atoms with E-state index in [0.29, 0.717) is 6.54 Å². The highest BCUT2D eigenvalue weighted by molar-refractivity contribution is 9.11. The molecule has 0 radical (unpaired) electrons. The van der Waals surface area contributed by atoms with Gasteiger partial charge in [-0.15, -0.1) is 11.3 Å². The number of carbonyl (C=O) groups is 1. The first kappa shape index (κ1) is 12.2. The fourth-order valence-electron chi connectivity index (χ4n) is 2.04. The predicted octanol–water partition coefficient (Wildman–Crippen LogP) is 2.15. The Morgan fingerprint density at radius 1 is 1.62 bits per heavy atom. The van der Waals surface area contributed by atoms with Gasteiger partial charge in [-0.1, -0.05) is 0 Å². The van der Waals surface area contributed by atoms with Crippen LogP contribution in [0.25, 0.3) is 0 Å². The summed E-state index contributed by atoms with van der Waals surface area (Å²) in [5.41, 5.74) is 0. The zero-order valence-corrected chi connectivity index (χ0v) is 11.3. The van der Waals surface area contributed by atoms with Crippen LogP contribution < -0.4 is 0 Å². The van der Waals surface area contributed by atoms with Crippen molar-refractivity contribution >= 4 is 33.0 Å². The normalized spacial score (nSPS) is 21.5. The van der Waals surface area contributed by atoms with Crippen LogP contribution in [0.4, 0.5) is 0 Å². The third-order valence-electron chi connectivity index (χ3n) is 2.90. The zero-order valence-electron chi connectivity index (χ0n) is 8.86. The summed E-state index contributed by atoms with van der Waals surface area (Å²) in [6.07, 6.45) is 2.07. The molecule has 88 valence electrons. The lowest BCUT2D eigenvalue weighted by Crippen LogP contribution is -2.36. The second-order valence-corrected chi connectivity index (χ2v) is 6.44. The van der Waals surface area contributed by atoms with Crippen LogP contribution in [0.15, 0.2) is 15.9 Å². The Morgan fingerprint density at radius 2 is 2.44 bits per heavy atom. The van der Waals surface area contributed by atoms with E-state index >= 15 is 0 Å². The molecule has 2 rings (SSSR count). The maximum absolute atomic E-state index is 11.9. The second kappa shape index (κ2) is 5.40. The van der Waals surface area contributed by atoms with Gasteiger partial charge in [0, 0.05) is 6.04 Å². The molecule has 0 amide bonds. The summed E-state index contributed by atoms with van der Waals surface area (Å²) in [4.78, 5) is 14.8. The summed E-state index contributed by atoms with van der Waals surface area (Å²) in [5, 5.41) is 9.17. The topological polar surface area (TPSA) is 40.5 Å². The summed E-state index contributed by atoms with van der Waals surface area (Å²) < 4.78 is 0.982. The highest BCUT2D eigenvalue weighted by Gasteiger charge is 2.26. The number of aliphatic hydroxyl groups excluding tert-OH is 1. The number of aliphatic hydroxyl groups is 1. The Balaban J connectivity index is 1.97. The van der Waals surface area contributed by atoms with E-state index < -0.39 is 0 Å². The lowest BCUT2D eigenvalue weighted by atomic mass is 10.2. The highest BCUT2D eigenvalue weighted by Crippen LogP contribution is 2.24. The van der Waals surface area contributed by atoms with Gasteiger partial charge in [0.25, 0.3) is 0 Å². The van der Waals surface area contributed by atoms with Crippen LogP contribution in [-0.2, 0) is 0 Å². The number of ketones is 1. The minimum Gasteiger partial charge on any atom is -0.395 e. The van der Waals surface area contributed by atoms with Crippen molar-refractivity contribution in [1.29, 1.82) is 0 Å². The van der Waals surface area contributed by atoms with Gasteiger partial charge in [0.15, 0.2) is 5.78 Å². The van der Waals surface area contributed by atoms with E-state index in [9.17, 15) is 4.79 Å². The number of hydrogen-bond donors (Lipinski definition) is 1. The van der Waals surface area contributed by atoms with E-state index in [1.54, 1.807) is 0 Å².